The van der Waals surface area contributed by atoms with E-state index in [1.54, 1.807) is 19.9 Å². The van der Waals surface area contributed by atoms with E-state index >= 15 is 0 Å². The first-order chi connectivity index (χ1) is 14.9. The average Bonchev–Trinajstić information content (AvgIpc) is 2.72. The Balaban J connectivity index is 2.58. The number of ketones is 2. The predicted octanol–water partition coefficient (Wildman–Crippen LogP) is 5.88. The molecule has 0 bridgehead atoms. The number of allylic oxidation sites excluding steroid dienone is 10. The molecule has 0 amide bonds. The van der Waals surface area contributed by atoms with Gasteiger partial charge in [0.2, 0.25) is 0 Å². The van der Waals surface area contributed by atoms with Crippen LogP contribution in [-0.4, -0.2) is 34.0 Å². The molecule has 2 atom stereocenters. The molecule has 1 aliphatic carbocycles. The standard InChI is InChI=1S/C28H40O4/c1-18(2)10-8-12-20(4)16-26(30)27(31)21(5)13-9-11-19(3)14-15-24-17-25(29)22(6)23(7)28(24)32/h10,13-14,16-17,26-27,30-31H,8-9,11-12,15H2,1-7H3/b19-14+,20-16+,21-13+/t26-,27-/m0/s1. The zero-order chi connectivity index (χ0) is 24.4. The monoisotopic (exact) mass is 440 g/mol. The quantitative estimate of drug-likeness (QED) is 0.311. The summed E-state index contributed by atoms with van der Waals surface area (Å²) in [5.74, 6) is -0.140. The SMILES string of the molecule is CC(C)=CCC/C(C)=C/[C@H](O)[C@@H](O)/C(C)=C/CC/C(C)=C/CC1=CC(=O)C(C)=C(C)C1=O. The number of aliphatic hydroxyl groups is 2. The van der Waals surface area contributed by atoms with Gasteiger partial charge in [0.05, 0.1) is 0 Å². The molecule has 1 rings (SSSR count). The van der Waals surface area contributed by atoms with Gasteiger partial charge in [-0.05, 0) is 92.2 Å². The molecule has 0 fully saturated rings. The van der Waals surface area contributed by atoms with E-state index in [1.807, 2.05) is 32.9 Å². The molecule has 0 aromatic carbocycles. The number of aliphatic hydroxyl groups excluding tert-OH is 2. The topological polar surface area (TPSA) is 74.6 Å². The molecule has 0 aromatic rings. The molecular weight excluding hydrogens is 400 g/mol. The van der Waals surface area contributed by atoms with E-state index < -0.39 is 12.2 Å². The first kappa shape index (κ1) is 27.7. The lowest BCUT2D eigenvalue weighted by Gasteiger charge is -2.17. The Morgan fingerprint density at radius 1 is 0.875 bits per heavy atom. The molecule has 1 aliphatic rings. The summed E-state index contributed by atoms with van der Waals surface area (Å²) >= 11 is 0. The zero-order valence-corrected chi connectivity index (χ0v) is 20.8. The Morgan fingerprint density at radius 2 is 1.47 bits per heavy atom. The van der Waals surface area contributed by atoms with Gasteiger partial charge < -0.3 is 10.2 Å². The molecule has 0 unspecified atom stereocenters. The lowest BCUT2D eigenvalue weighted by atomic mass is 9.89. The third-order valence-corrected chi connectivity index (χ3v) is 5.88. The van der Waals surface area contributed by atoms with Gasteiger partial charge in [0.25, 0.3) is 0 Å². The fourth-order valence-corrected chi connectivity index (χ4v) is 3.44. The first-order valence-electron chi connectivity index (χ1n) is 11.4. The van der Waals surface area contributed by atoms with Crippen LogP contribution in [0.15, 0.2) is 69.4 Å². The van der Waals surface area contributed by atoms with Crippen molar-refractivity contribution < 1.29 is 19.8 Å². The smallest absolute Gasteiger partial charge is 0.185 e. The molecule has 4 heteroatoms. The molecule has 176 valence electrons. The summed E-state index contributed by atoms with van der Waals surface area (Å²) in [5, 5.41) is 20.7. The maximum absolute atomic E-state index is 12.3. The maximum Gasteiger partial charge on any atom is 0.185 e. The van der Waals surface area contributed by atoms with Gasteiger partial charge in [-0.3, -0.25) is 9.59 Å². The number of Topliss-reactive ketones (excluding diaryl/α,β-unsaturated/α-hetero) is 1. The summed E-state index contributed by atoms with van der Waals surface area (Å²) in [6.45, 7) is 13.3. The van der Waals surface area contributed by atoms with E-state index in [9.17, 15) is 19.8 Å². The van der Waals surface area contributed by atoms with Crippen LogP contribution in [0.5, 0.6) is 0 Å². The van der Waals surface area contributed by atoms with Gasteiger partial charge in [0, 0.05) is 16.7 Å². The van der Waals surface area contributed by atoms with Crippen molar-refractivity contribution in [3.05, 3.63) is 69.4 Å². The molecular formula is C28H40O4. The molecule has 2 N–H and O–H groups in total. The van der Waals surface area contributed by atoms with Crippen LogP contribution in [0.1, 0.15) is 80.6 Å². The van der Waals surface area contributed by atoms with Crippen molar-refractivity contribution in [2.75, 3.05) is 0 Å². The van der Waals surface area contributed by atoms with Gasteiger partial charge in [-0.15, -0.1) is 0 Å². The van der Waals surface area contributed by atoms with Crippen molar-refractivity contribution in [2.24, 2.45) is 0 Å². The van der Waals surface area contributed by atoms with E-state index in [4.69, 9.17) is 0 Å². The fraction of sp³-hybridized carbons (Fsp3) is 0.500. The normalized spacial score (nSPS) is 18.0. The largest absolute Gasteiger partial charge is 0.386 e. The average molecular weight is 441 g/mol. The molecule has 32 heavy (non-hydrogen) atoms. The minimum Gasteiger partial charge on any atom is -0.386 e. The molecule has 0 aliphatic heterocycles. The van der Waals surface area contributed by atoms with Crippen molar-refractivity contribution in [1.29, 1.82) is 0 Å². The van der Waals surface area contributed by atoms with Gasteiger partial charge in [0.1, 0.15) is 12.2 Å². The van der Waals surface area contributed by atoms with Crippen LogP contribution >= 0.6 is 0 Å². The second-order valence-corrected chi connectivity index (χ2v) is 9.12. The summed E-state index contributed by atoms with van der Waals surface area (Å²) in [6.07, 6.45) is 11.2. The highest BCUT2D eigenvalue weighted by molar-refractivity contribution is 6.22. The van der Waals surface area contributed by atoms with E-state index in [1.165, 1.54) is 11.6 Å². The lowest BCUT2D eigenvalue weighted by Crippen LogP contribution is -2.25. The number of carbonyl (C=O) groups is 2. The molecule has 0 aromatic heterocycles. The molecule has 0 radical (unpaired) electrons. The van der Waals surface area contributed by atoms with Crippen molar-refractivity contribution in [3.8, 4) is 0 Å². The Kier molecular flexibility index (Phi) is 11.5. The van der Waals surface area contributed by atoms with Crippen LogP contribution in [-0.2, 0) is 9.59 Å². The Morgan fingerprint density at radius 3 is 2.09 bits per heavy atom. The van der Waals surface area contributed by atoms with Crippen LogP contribution in [0.4, 0.5) is 0 Å². The number of rotatable bonds is 11. The molecule has 0 heterocycles. The van der Waals surface area contributed by atoms with Crippen LogP contribution < -0.4 is 0 Å². The van der Waals surface area contributed by atoms with E-state index in [0.717, 1.165) is 42.4 Å². The van der Waals surface area contributed by atoms with E-state index in [0.29, 0.717) is 23.1 Å². The minimum absolute atomic E-state index is 0.0526. The molecule has 0 saturated heterocycles. The number of hydrogen-bond donors (Lipinski definition) is 2. The summed E-state index contributed by atoms with van der Waals surface area (Å²) in [6, 6.07) is 0. The number of hydrogen-bond acceptors (Lipinski definition) is 4. The van der Waals surface area contributed by atoms with Crippen LogP contribution in [0.3, 0.4) is 0 Å². The van der Waals surface area contributed by atoms with E-state index in [-0.39, 0.29) is 11.6 Å². The first-order valence-corrected chi connectivity index (χ1v) is 11.4. The highest BCUT2D eigenvalue weighted by Crippen LogP contribution is 2.22. The number of carbonyl (C=O) groups excluding carboxylic acids is 2. The third kappa shape index (κ3) is 9.05. The highest BCUT2D eigenvalue weighted by atomic mass is 16.3. The van der Waals surface area contributed by atoms with Gasteiger partial charge in [-0.25, -0.2) is 0 Å². The van der Waals surface area contributed by atoms with Gasteiger partial charge in [-0.2, -0.15) is 0 Å². The molecule has 0 spiro atoms. The van der Waals surface area contributed by atoms with Crippen LogP contribution in [0.25, 0.3) is 0 Å². The second-order valence-electron chi connectivity index (χ2n) is 9.12. The Hall–Kier alpha value is -2.30. The molecule has 4 nitrogen and oxygen atoms in total. The summed E-state index contributed by atoms with van der Waals surface area (Å²) in [4.78, 5) is 24.3. The third-order valence-electron chi connectivity index (χ3n) is 5.88. The predicted molar refractivity (Wildman–Crippen MR) is 132 cm³/mol. The fourth-order valence-electron chi connectivity index (χ4n) is 3.44. The Bertz CT molecular complexity index is 886. The zero-order valence-electron chi connectivity index (χ0n) is 20.8. The minimum atomic E-state index is -0.924. The van der Waals surface area contributed by atoms with Gasteiger partial charge in [-0.1, -0.05) is 41.0 Å². The van der Waals surface area contributed by atoms with Gasteiger partial charge >= 0.3 is 0 Å². The second kappa shape index (κ2) is 13.3. The summed E-state index contributed by atoms with van der Waals surface area (Å²) in [5.41, 5.74) is 5.79. The Labute approximate surface area is 193 Å². The van der Waals surface area contributed by atoms with Gasteiger partial charge in [0.15, 0.2) is 11.6 Å². The van der Waals surface area contributed by atoms with Crippen molar-refractivity contribution in [2.45, 2.75) is 92.8 Å². The maximum atomic E-state index is 12.3. The highest BCUT2D eigenvalue weighted by Gasteiger charge is 2.22. The van der Waals surface area contributed by atoms with Crippen molar-refractivity contribution in [1.82, 2.24) is 0 Å². The lowest BCUT2D eigenvalue weighted by molar-refractivity contribution is -0.115. The van der Waals surface area contributed by atoms with Crippen molar-refractivity contribution >= 4 is 11.6 Å². The van der Waals surface area contributed by atoms with Crippen LogP contribution in [0.2, 0.25) is 0 Å². The van der Waals surface area contributed by atoms with Crippen LogP contribution in [0, 0.1) is 0 Å². The summed E-state index contributed by atoms with van der Waals surface area (Å²) in [7, 11) is 0. The summed E-state index contributed by atoms with van der Waals surface area (Å²) < 4.78 is 0. The van der Waals surface area contributed by atoms with Crippen molar-refractivity contribution in [3.63, 3.8) is 0 Å². The van der Waals surface area contributed by atoms with E-state index in [2.05, 4.69) is 19.9 Å². The molecule has 0 saturated carbocycles.